The second-order valence-corrected chi connectivity index (χ2v) is 4.62. The molecule has 2 rings (SSSR count). The lowest BCUT2D eigenvalue weighted by molar-refractivity contribution is 0.156. The van der Waals surface area contributed by atoms with E-state index in [-0.39, 0.29) is 6.09 Å². The molecule has 1 N–H and O–H groups in total. The number of nitrogens with one attached hydrogen (secondary N) is 1. The lowest BCUT2D eigenvalue weighted by atomic mass is 10.1. The number of amides is 1. The summed E-state index contributed by atoms with van der Waals surface area (Å²) in [4.78, 5) is 11.5. The fraction of sp³-hybridized carbons (Fsp3) is 0.500. The van der Waals surface area contributed by atoms with Gasteiger partial charge in [0.2, 0.25) is 0 Å². The molecule has 0 unspecified atom stereocenters. The summed E-state index contributed by atoms with van der Waals surface area (Å²) < 4.78 is 5.12. The van der Waals surface area contributed by atoms with Gasteiger partial charge in [-0.25, -0.2) is 4.79 Å². The van der Waals surface area contributed by atoms with Gasteiger partial charge in [-0.15, -0.1) is 0 Å². The van der Waals surface area contributed by atoms with Crippen molar-refractivity contribution < 1.29 is 9.53 Å². The van der Waals surface area contributed by atoms with Gasteiger partial charge in [0, 0.05) is 5.69 Å². The summed E-state index contributed by atoms with van der Waals surface area (Å²) in [5.74, 6) is 0.604. The first kappa shape index (κ1) is 12.0. The molecule has 0 atom stereocenters. The highest BCUT2D eigenvalue weighted by molar-refractivity contribution is 5.84. The van der Waals surface area contributed by atoms with Gasteiger partial charge in [-0.3, -0.25) is 5.32 Å². The number of hydrogen-bond donors (Lipinski definition) is 1. The highest BCUT2D eigenvalue weighted by Gasteiger charge is 2.22. The van der Waals surface area contributed by atoms with Crippen LogP contribution in [0.4, 0.5) is 10.5 Å². The fourth-order valence-corrected chi connectivity index (χ4v) is 1.73. The molecule has 1 fully saturated rings. The summed E-state index contributed by atoms with van der Waals surface area (Å²) in [6.45, 7) is 2.70. The van der Waals surface area contributed by atoms with Crippen LogP contribution in [0.1, 0.15) is 31.7 Å². The van der Waals surface area contributed by atoms with E-state index in [1.54, 1.807) is 0 Å². The zero-order valence-corrected chi connectivity index (χ0v) is 10.2. The van der Waals surface area contributed by atoms with E-state index in [0.29, 0.717) is 12.5 Å². The number of hydrogen-bond acceptors (Lipinski definition) is 2. The summed E-state index contributed by atoms with van der Waals surface area (Å²) in [6.07, 6.45) is 4.19. The lowest BCUT2D eigenvalue weighted by Gasteiger charge is -2.07. The summed E-state index contributed by atoms with van der Waals surface area (Å²) in [5, 5.41) is 2.76. The van der Waals surface area contributed by atoms with Crippen molar-refractivity contribution in [2.24, 2.45) is 5.92 Å². The SMILES string of the molecule is CCCc1cccc(NC(=O)OCC2CC2)c1. The quantitative estimate of drug-likeness (QED) is 0.843. The van der Waals surface area contributed by atoms with Crippen LogP contribution in [0.15, 0.2) is 24.3 Å². The minimum Gasteiger partial charge on any atom is -0.449 e. The van der Waals surface area contributed by atoms with Crippen LogP contribution in [0, 0.1) is 5.92 Å². The molecule has 1 aliphatic rings. The zero-order valence-electron chi connectivity index (χ0n) is 10.2. The van der Waals surface area contributed by atoms with E-state index >= 15 is 0 Å². The lowest BCUT2D eigenvalue weighted by Crippen LogP contribution is -2.15. The number of aryl methyl sites for hydroxylation is 1. The molecule has 1 aliphatic carbocycles. The maximum absolute atomic E-state index is 11.5. The maximum atomic E-state index is 11.5. The van der Waals surface area contributed by atoms with E-state index in [2.05, 4.69) is 18.3 Å². The topological polar surface area (TPSA) is 38.3 Å². The molecule has 3 heteroatoms. The Morgan fingerprint density at radius 1 is 1.47 bits per heavy atom. The predicted octanol–water partition coefficient (Wildman–Crippen LogP) is 3.60. The molecular formula is C14H19NO2. The van der Waals surface area contributed by atoms with Gasteiger partial charge in [0.25, 0.3) is 0 Å². The second kappa shape index (κ2) is 5.71. The predicted molar refractivity (Wildman–Crippen MR) is 68.1 cm³/mol. The second-order valence-electron chi connectivity index (χ2n) is 4.62. The Morgan fingerprint density at radius 2 is 2.29 bits per heavy atom. The normalized spacial score (nSPS) is 14.4. The van der Waals surface area contributed by atoms with Gasteiger partial charge in [-0.2, -0.15) is 0 Å². The summed E-state index contributed by atoms with van der Waals surface area (Å²) in [5.41, 5.74) is 2.06. The molecule has 0 spiro atoms. The van der Waals surface area contributed by atoms with Gasteiger partial charge in [0.05, 0.1) is 6.61 Å². The van der Waals surface area contributed by atoms with E-state index in [4.69, 9.17) is 4.74 Å². The van der Waals surface area contributed by atoms with Crippen molar-refractivity contribution in [1.29, 1.82) is 0 Å². The van der Waals surface area contributed by atoms with Crippen LogP contribution in [-0.4, -0.2) is 12.7 Å². The molecule has 1 aromatic carbocycles. The van der Waals surface area contributed by atoms with Crippen molar-refractivity contribution >= 4 is 11.8 Å². The van der Waals surface area contributed by atoms with E-state index in [0.717, 1.165) is 18.5 Å². The van der Waals surface area contributed by atoms with E-state index in [1.165, 1.54) is 18.4 Å². The number of carbonyl (C=O) groups excluding carboxylic acids is 1. The Morgan fingerprint density at radius 3 is 3.00 bits per heavy atom. The first-order valence-electron chi connectivity index (χ1n) is 6.30. The van der Waals surface area contributed by atoms with Gasteiger partial charge in [-0.1, -0.05) is 25.5 Å². The third kappa shape index (κ3) is 4.10. The third-order valence-electron chi connectivity index (χ3n) is 2.86. The molecule has 1 amide bonds. The van der Waals surface area contributed by atoms with Crippen LogP contribution < -0.4 is 5.32 Å². The van der Waals surface area contributed by atoms with Crippen LogP contribution >= 0.6 is 0 Å². The number of ether oxygens (including phenoxy) is 1. The first-order chi connectivity index (χ1) is 8.28. The zero-order chi connectivity index (χ0) is 12.1. The van der Waals surface area contributed by atoms with Crippen molar-refractivity contribution in [3.8, 4) is 0 Å². The largest absolute Gasteiger partial charge is 0.449 e. The first-order valence-corrected chi connectivity index (χ1v) is 6.30. The van der Waals surface area contributed by atoms with E-state index < -0.39 is 0 Å². The molecule has 0 aromatic heterocycles. The van der Waals surface area contributed by atoms with Crippen molar-refractivity contribution in [3.63, 3.8) is 0 Å². The Bertz CT molecular complexity index is 386. The molecular weight excluding hydrogens is 214 g/mol. The van der Waals surface area contributed by atoms with Crippen molar-refractivity contribution in [2.75, 3.05) is 11.9 Å². The van der Waals surface area contributed by atoms with Crippen LogP contribution in [-0.2, 0) is 11.2 Å². The monoisotopic (exact) mass is 233 g/mol. The molecule has 1 aromatic rings. The van der Waals surface area contributed by atoms with Gasteiger partial charge in [0.1, 0.15) is 0 Å². The van der Waals surface area contributed by atoms with Crippen LogP contribution in [0.5, 0.6) is 0 Å². The number of anilines is 1. The minimum atomic E-state index is -0.342. The average Bonchev–Trinajstić information content (AvgIpc) is 3.11. The molecule has 0 aliphatic heterocycles. The number of carbonyl (C=O) groups is 1. The highest BCUT2D eigenvalue weighted by Crippen LogP contribution is 2.28. The van der Waals surface area contributed by atoms with Crippen LogP contribution in [0.2, 0.25) is 0 Å². The smallest absolute Gasteiger partial charge is 0.411 e. The standard InChI is InChI=1S/C14H19NO2/c1-2-4-11-5-3-6-13(9-11)15-14(16)17-10-12-7-8-12/h3,5-6,9,12H,2,4,7-8,10H2,1H3,(H,15,16). The Kier molecular flexibility index (Phi) is 4.02. The van der Waals surface area contributed by atoms with Crippen LogP contribution in [0.25, 0.3) is 0 Å². The van der Waals surface area contributed by atoms with E-state index in [9.17, 15) is 4.79 Å². The van der Waals surface area contributed by atoms with Crippen molar-refractivity contribution in [3.05, 3.63) is 29.8 Å². The maximum Gasteiger partial charge on any atom is 0.411 e. The van der Waals surface area contributed by atoms with Crippen molar-refractivity contribution in [2.45, 2.75) is 32.6 Å². The average molecular weight is 233 g/mol. The fourth-order valence-electron chi connectivity index (χ4n) is 1.73. The van der Waals surface area contributed by atoms with Gasteiger partial charge in [0.15, 0.2) is 0 Å². The van der Waals surface area contributed by atoms with Gasteiger partial charge < -0.3 is 4.74 Å². The molecule has 3 nitrogen and oxygen atoms in total. The van der Waals surface area contributed by atoms with Gasteiger partial charge in [-0.05, 0) is 42.9 Å². The number of rotatable bonds is 5. The number of benzene rings is 1. The molecule has 0 saturated heterocycles. The molecule has 0 radical (unpaired) electrons. The molecule has 17 heavy (non-hydrogen) atoms. The highest BCUT2D eigenvalue weighted by atomic mass is 16.5. The Hall–Kier alpha value is -1.51. The molecule has 0 heterocycles. The molecule has 92 valence electrons. The van der Waals surface area contributed by atoms with Crippen LogP contribution in [0.3, 0.4) is 0 Å². The molecule has 1 saturated carbocycles. The summed E-state index contributed by atoms with van der Waals surface area (Å²) >= 11 is 0. The summed E-state index contributed by atoms with van der Waals surface area (Å²) in [6, 6.07) is 7.92. The third-order valence-corrected chi connectivity index (χ3v) is 2.86. The summed E-state index contributed by atoms with van der Waals surface area (Å²) in [7, 11) is 0. The minimum absolute atomic E-state index is 0.342. The Labute approximate surface area is 102 Å². The van der Waals surface area contributed by atoms with Gasteiger partial charge >= 0.3 is 6.09 Å². The molecule has 0 bridgehead atoms. The van der Waals surface area contributed by atoms with E-state index in [1.807, 2.05) is 18.2 Å². The van der Waals surface area contributed by atoms with Crippen molar-refractivity contribution in [1.82, 2.24) is 0 Å². The Balaban J connectivity index is 1.83.